The zero-order chi connectivity index (χ0) is 17.3. The Morgan fingerprint density at radius 3 is 1.58 bits per heavy atom. The van der Waals surface area contributed by atoms with Crippen LogP contribution in [0, 0.1) is 6.07 Å². The highest BCUT2D eigenvalue weighted by molar-refractivity contribution is 5.21. The van der Waals surface area contributed by atoms with Gasteiger partial charge < -0.3 is 0 Å². The normalized spacial score (nSPS) is 11.1. The summed E-state index contributed by atoms with van der Waals surface area (Å²) in [7, 11) is 0. The molecule has 0 spiro atoms. The molecule has 0 saturated carbocycles. The maximum Gasteiger partial charge on any atom is -0.0146 e. The van der Waals surface area contributed by atoms with E-state index in [1.807, 2.05) is 0 Å². The molecule has 137 valence electrons. The fourth-order valence-electron chi connectivity index (χ4n) is 3.36. The molecule has 0 aliphatic rings. The molecule has 1 rings (SSSR count). The summed E-state index contributed by atoms with van der Waals surface area (Å²) in [6, 6.07) is 10.4. The monoisotopic (exact) mass is 329 g/mol. The van der Waals surface area contributed by atoms with Gasteiger partial charge in [0.05, 0.1) is 0 Å². The van der Waals surface area contributed by atoms with E-state index in [9.17, 15) is 0 Å². The predicted octanol–water partition coefficient (Wildman–Crippen LogP) is 8.07. The lowest BCUT2D eigenvalue weighted by Crippen LogP contribution is -1.90. The van der Waals surface area contributed by atoms with Crippen LogP contribution in [0.1, 0.15) is 115 Å². The van der Waals surface area contributed by atoms with Crippen molar-refractivity contribution in [3.05, 3.63) is 35.4 Å². The van der Waals surface area contributed by atoms with Gasteiger partial charge in [0.25, 0.3) is 0 Å². The second kappa shape index (κ2) is 15.7. The van der Waals surface area contributed by atoms with Gasteiger partial charge in [-0.05, 0) is 42.9 Å². The molecule has 0 heterocycles. The number of unbranched alkanes of at least 4 members (excludes halogenated alkanes) is 12. The molecule has 0 fully saturated rings. The molecule has 0 saturated heterocycles. The van der Waals surface area contributed by atoms with Gasteiger partial charge in [-0.1, -0.05) is 109 Å². The summed E-state index contributed by atoms with van der Waals surface area (Å²) in [5, 5.41) is 0. The van der Waals surface area contributed by atoms with E-state index < -0.39 is 0 Å². The van der Waals surface area contributed by atoms with Crippen LogP contribution < -0.4 is 0 Å². The summed E-state index contributed by atoms with van der Waals surface area (Å²) in [5.74, 6) is 0. The Balaban J connectivity index is 2.02. The highest BCUT2D eigenvalue weighted by Gasteiger charge is 1.98. The molecule has 0 nitrogen and oxygen atoms in total. The minimum atomic E-state index is 1.21. The highest BCUT2D eigenvalue weighted by atomic mass is 14.0. The number of hydrogen-bond donors (Lipinski definition) is 0. The van der Waals surface area contributed by atoms with Crippen LogP contribution in [0.2, 0.25) is 0 Å². The molecular weight excluding hydrogens is 288 g/mol. The summed E-state index contributed by atoms with van der Waals surface area (Å²) < 4.78 is 0. The average molecular weight is 330 g/mol. The zero-order valence-electron chi connectivity index (χ0n) is 16.5. The van der Waals surface area contributed by atoms with E-state index in [0.29, 0.717) is 0 Å². The summed E-state index contributed by atoms with van der Waals surface area (Å²) in [6.07, 6.45) is 22.0. The summed E-state index contributed by atoms with van der Waals surface area (Å²) in [4.78, 5) is 0. The minimum absolute atomic E-state index is 1.21. The van der Waals surface area contributed by atoms with Crippen molar-refractivity contribution < 1.29 is 0 Å². The predicted molar refractivity (Wildman–Crippen MR) is 109 cm³/mol. The van der Waals surface area contributed by atoms with Crippen molar-refractivity contribution in [2.45, 2.75) is 117 Å². The second-order valence-corrected chi connectivity index (χ2v) is 7.46. The third-order valence-electron chi connectivity index (χ3n) is 5.06. The fraction of sp³-hybridized carbons (Fsp3) is 0.750. The number of hydrogen-bond acceptors (Lipinski definition) is 0. The Morgan fingerprint density at radius 1 is 0.583 bits per heavy atom. The minimum Gasteiger partial charge on any atom is -0.0654 e. The van der Waals surface area contributed by atoms with Crippen molar-refractivity contribution in [3.8, 4) is 0 Å². The summed E-state index contributed by atoms with van der Waals surface area (Å²) >= 11 is 0. The van der Waals surface area contributed by atoms with E-state index in [-0.39, 0.29) is 0 Å². The van der Waals surface area contributed by atoms with E-state index in [1.54, 1.807) is 0 Å². The molecule has 1 aromatic carbocycles. The standard InChI is InChI=1S/C24H41/c1-3-5-7-9-11-13-15-17-23-19-21-24(22-20-23)18-16-14-12-10-8-6-4-2/h19-21H,3-18H2,1-2H3. The molecule has 0 N–H and O–H groups in total. The largest absolute Gasteiger partial charge is 0.0654 e. The van der Waals surface area contributed by atoms with Crippen molar-refractivity contribution in [3.63, 3.8) is 0 Å². The Kier molecular flexibility index (Phi) is 13.9. The molecule has 0 unspecified atom stereocenters. The van der Waals surface area contributed by atoms with Crippen molar-refractivity contribution in [2.24, 2.45) is 0 Å². The maximum atomic E-state index is 3.52. The maximum absolute atomic E-state index is 3.52. The lowest BCUT2D eigenvalue weighted by Gasteiger charge is -2.05. The number of aryl methyl sites for hydroxylation is 2. The molecule has 0 atom stereocenters. The number of benzene rings is 1. The van der Waals surface area contributed by atoms with Gasteiger partial charge in [-0.15, -0.1) is 0 Å². The average Bonchev–Trinajstić information content (AvgIpc) is 2.61. The molecule has 0 aliphatic carbocycles. The third kappa shape index (κ3) is 11.7. The molecule has 0 aliphatic heterocycles. The lowest BCUT2D eigenvalue weighted by atomic mass is 10.0. The van der Waals surface area contributed by atoms with Crippen molar-refractivity contribution >= 4 is 0 Å². The first-order valence-electron chi connectivity index (χ1n) is 10.9. The lowest BCUT2D eigenvalue weighted by molar-refractivity contribution is 0.588. The first kappa shape index (κ1) is 21.3. The van der Waals surface area contributed by atoms with Gasteiger partial charge >= 0.3 is 0 Å². The molecule has 0 aromatic heterocycles. The highest BCUT2D eigenvalue weighted by Crippen LogP contribution is 2.14. The second-order valence-electron chi connectivity index (χ2n) is 7.46. The molecule has 24 heavy (non-hydrogen) atoms. The van der Waals surface area contributed by atoms with Crippen LogP contribution in [0.5, 0.6) is 0 Å². The molecule has 1 radical (unpaired) electrons. The SMILES string of the molecule is CCCCCCCCCc1[c]cc(CCCCCCCCC)cc1. The Bertz CT molecular complexity index is 325. The van der Waals surface area contributed by atoms with Gasteiger partial charge in [0, 0.05) is 0 Å². The van der Waals surface area contributed by atoms with Gasteiger partial charge in [-0.2, -0.15) is 0 Å². The van der Waals surface area contributed by atoms with E-state index in [1.165, 1.54) is 114 Å². The van der Waals surface area contributed by atoms with Gasteiger partial charge in [-0.25, -0.2) is 0 Å². The smallest absolute Gasteiger partial charge is 0.0146 e. The first-order chi connectivity index (χ1) is 11.9. The van der Waals surface area contributed by atoms with Gasteiger partial charge in [-0.3, -0.25) is 0 Å². The molecule has 0 amide bonds. The van der Waals surface area contributed by atoms with Crippen LogP contribution in [-0.4, -0.2) is 0 Å². The molecular formula is C24H41. The first-order valence-corrected chi connectivity index (χ1v) is 10.9. The summed E-state index contributed by atoms with van der Waals surface area (Å²) in [6.45, 7) is 4.57. The summed E-state index contributed by atoms with van der Waals surface area (Å²) in [5.41, 5.74) is 2.89. The van der Waals surface area contributed by atoms with Crippen molar-refractivity contribution in [1.82, 2.24) is 0 Å². The topological polar surface area (TPSA) is 0 Å². The quantitative estimate of drug-likeness (QED) is 0.269. The van der Waals surface area contributed by atoms with Crippen LogP contribution in [-0.2, 0) is 12.8 Å². The third-order valence-corrected chi connectivity index (χ3v) is 5.06. The molecule has 0 heteroatoms. The van der Waals surface area contributed by atoms with Crippen LogP contribution in [0.25, 0.3) is 0 Å². The zero-order valence-corrected chi connectivity index (χ0v) is 16.5. The van der Waals surface area contributed by atoms with Gasteiger partial charge in [0.2, 0.25) is 0 Å². The Labute approximate surface area is 152 Å². The van der Waals surface area contributed by atoms with Crippen molar-refractivity contribution in [2.75, 3.05) is 0 Å². The van der Waals surface area contributed by atoms with Gasteiger partial charge in [0.15, 0.2) is 0 Å². The Morgan fingerprint density at radius 2 is 1.08 bits per heavy atom. The van der Waals surface area contributed by atoms with Crippen LogP contribution in [0.3, 0.4) is 0 Å². The van der Waals surface area contributed by atoms with Crippen LogP contribution >= 0.6 is 0 Å². The van der Waals surface area contributed by atoms with E-state index in [4.69, 9.17) is 0 Å². The molecule has 0 bridgehead atoms. The number of rotatable bonds is 16. The van der Waals surface area contributed by atoms with E-state index in [0.717, 1.165) is 0 Å². The van der Waals surface area contributed by atoms with E-state index >= 15 is 0 Å². The fourth-order valence-corrected chi connectivity index (χ4v) is 3.36. The Hall–Kier alpha value is -0.780. The molecule has 1 aromatic rings. The van der Waals surface area contributed by atoms with Gasteiger partial charge in [0.1, 0.15) is 0 Å². The van der Waals surface area contributed by atoms with Crippen LogP contribution in [0.15, 0.2) is 18.2 Å². The van der Waals surface area contributed by atoms with Crippen LogP contribution in [0.4, 0.5) is 0 Å². The van der Waals surface area contributed by atoms with E-state index in [2.05, 4.69) is 38.1 Å². The van der Waals surface area contributed by atoms with Crippen molar-refractivity contribution in [1.29, 1.82) is 0 Å².